The third-order valence-corrected chi connectivity index (χ3v) is 1.44. The molecule has 0 bridgehead atoms. The highest BCUT2D eigenvalue weighted by Crippen LogP contribution is 1.93. The van der Waals surface area contributed by atoms with E-state index in [1.165, 1.54) is 0 Å². The van der Waals surface area contributed by atoms with E-state index in [9.17, 15) is 9.59 Å². The van der Waals surface area contributed by atoms with Gasteiger partial charge in [-0.15, -0.1) is 26.3 Å². The lowest BCUT2D eigenvalue weighted by Gasteiger charge is -2.09. The number of hydrogen-bond acceptors (Lipinski definition) is 5. The standard InChI is InChI=1S/C6H10O5.C6H14O.2C2H4/c7-3-4-11-6(10)2-1-5(8)9;1-5(2)7-6(3)4;2*1-2/h7H,1-4H2,(H,8,9);5-6H,1-4H3;2*1-2H2. The van der Waals surface area contributed by atoms with Crippen molar-refractivity contribution in [2.75, 3.05) is 13.2 Å². The van der Waals surface area contributed by atoms with Gasteiger partial charge < -0.3 is 19.7 Å². The number of rotatable bonds is 7. The van der Waals surface area contributed by atoms with Gasteiger partial charge in [0.05, 0.1) is 31.7 Å². The van der Waals surface area contributed by atoms with Crippen LogP contribution in [0.4, 0.5) is 0 Å². The molecule has 0 aromatic heterocycles. The highest BCUT2D eigenvalue weighted by molar-refractivity contribution is 5.76. The fourth-order valence-corrected chi connectivity index (χ4v) is 0.985. The molecule has 0 heterocycles. The van der Waals surface area contributed by atoms with E-state index >= 15 is 0 Å². The third kappa shape index (κ3) is 42.9. The average molecular weight is 320 g/mol. The fraction of sp³-hybridized carbons (Fsp3) is 0.625. The molecule has 0 aromatic rings. The molecule has 0 spiro atoms. The van der Waals surface area contributed by atoms with Crippen molar-refractivity contribution in [2.24, 2.45) is 0 Å². The molecule has 0 fully saturated rings. The van der Waals surface area contributed by atoms with E-state index in [0.717, 1.165) is 0 Å². The first-order chi connectivity index (χ1) is 10.3. The van der Waals surface area contributed by atoms with Crippen LogP contribution in [0.5, 0.6) is 0 Å². The highest BCUT2D eigenvalue weighted by Gasteiger charge is 2.05. The topological polar surface area (TPSA) is 93.1 Å². The summed E-state index contributed by atoms with van der Waals surface area (Å²) < 4.78 is 9.64. The van der Waals surface area contributed by atoms with Gasteiger partial charge in [-0.2, -0.15) is 0 Å². The van der Waals surface area contributed by atoms with Gasteiger partial charge in [-0.1, -0.05) is 0 Å². The van der Waals surface area contributed by atoms with Crippen molar-refractivity contribution in [3.05, 3.63) is 26.3 Å². The van der Waals surface area contributed by atoms with Crippen molar-refractivity contribution in [1.29, 1.82) is 0 Å². The summed E-state index contributed by atoms with van der Waals surface area (Å²) in [6.45, 7) is 19.9. The highest BCUT2D eigenvalue weighted by atomic mass is 16.5. The van der Waals surface area contributed by atoms with Crippen LogP contribution in [0.1, 0.15) is 40.5 Å². The SMILES string of the molecule is C=C.C=C.CC(C)OC(C)C.O=C(O)CCC(=O)OCCO. The fourth-order valence-electron chi connectivity index (χ4n) is 0.985. The van der Waals surface area contributed by atoms with Crippen LogP contribution in [-0.4, -0.2) is 47.6 Å². The lowest BCUT2D eigenvalue weighted by molar-refractivity contribution is -0.148. The Labute approximate surface area is 134 Å². The minimum absolute atomic E-state index is 0.0710. The number of aliphatic carboxylic acids is 1. The Bertz CT molecular complexity index is 243. The van der Waals surface area contributed by atoms with Gasteiger partial charge in [-0.25, -0.2) is 0 Å². The molecule has 0 saturated heterocycles. The van der Waals surface area contributed by atoms with Crippen LogP contribution in [-0.2, 0) is 19.1 Å². The first-order valence-corrected chi connectivity index (χ1v) is 6.93. The van der Waals surface area contributed by atoms with Gasteiger partial charge in [-0.05, 0) is 27.7 Å². The Kier molecular flexibility index (Phi) is 31.6. The van der Waals surface area contributed by atoms with Crippen molar-refractivity contribution >= 4 is 11.9 Å². The van der Waals surface area contributed by atoms with Gasteiger partial charge in [0.25, 0.3) is 0 Å². The van der Waals surface area contributed by atoms with Crippen LogP contribution in [0, 0.1) is 0 Å². The summed E-state index contributed by atoms with van der Waals surface area (Å²) in [5.74, 6) is -1.63. The van der Waals surface area contributed by atoms with E-state index in [4.69, 9.17) is 14.9 Å². The van der Waals surface area contributed by atoms with Crippen molar-refractivity contribution in [3.63, 3.8) is 0 Å². The number of carboxylic acids is 1. The van der Waals surface area contributed by atoms with Crippen molar-refractivity contribution < 1.29 is 29.3 Å². The normalized spacial score (nSPS) is 8.50. The summed E-state index contributed by atoms with van der Waals surface area (Å²) in [6.07, 6.45) is 0.375. The van der Waals surface area contributed by atoms with Gasteiger partial charge in [0.15, 0.2) is 0 Å². The first-order valence-electron chi connectivity index (χ1n) is 6.93. The van der Waals surface area contributed by atoms with Crippen molar-refractivity contribution in [2.45, 2.75) is 52.7 Å². The van der Waals surface area contributed by atoms with Crippen LogP contribution >= 0.6 is 0 Å². The minimum Gasteiger partial charge on any atom is -0.481 e. The maximum atomic E-state index is 10.5. The van der Waals surface area contributed by atoms with Gasteiger partial charge in [-0.3, -0.25) is 9.59 Å². The molecule has 0 aliphatic heterocycles. The van der Waals surface area contributed by atoms with Gasteiger partial charge in [0, 0.05) is 0 Å². The van der Waals surface area contributed by atoms with Gasteiger partial charge in [0.1, 0.15) is 6.61 Å². The number of aliphatic hydroxyl groups excluding tert-OH is 1. The van der Waals surface area contributed by atoms with Crippen LogP contribution in [0.3, 0.4) is 0 Å². The number of aliphatic hydroxyl groups is 1. The summed E-state index contributed by atoms with van der Waals surface area (Å²) in [7, 11) is 0. The Morgan fingerprint density at radius 1 is 0.955 bits per heavy atom. The summed E-state index contributed by atoms with van der Waals surface area (Å²) in [5.41, 5.74) is 0. The molecular weight excluding hydrogens is 288 g/mol. The number of carbonyl (C=O) groups excluding carboxylic acids is 1. The number of carboxylic acid groups (broad SMARTS) is 1. The zero-order valence-electron chi connectivity index (χ0n) is 14.3. The Balaban J connectivity index is -0.000000127. The third-order valence-electron chi connectivity index (χ3n) is 1.44. The maximum absolute atomic E-state index is 10.5. The number of hydrogen-bond donors (Lipinski definition) is 2. The summed E-state index contributed by atoms with van der Waals surface area (Å²) in [5, 5.41) is 16.3. The van der Waals surface area contributed by atoms with Crippen molar-refractivity contribution in [1.82, 2.24) is 0 Å². The molecule has 0 aliphatic rings. The van der Waals surface area contributed by atoms with E-state index in [0.29, 0.717) is 12.2 Å². The second kappa shape index (κ2) is 24.4. The Morgan fingerprint density at radius 3 is 1.59 bits per heavy atom. The largest absolute Gasteiger partial charge is 0.481 e. The molecule has 22 heavy (non-hydrogen) atoms. The second-order valence-corrected chi connectivity index (χ2v) is 4.07. The molecule has 132 valence electrons. The van der Waals surface area contributed by atoms with E-state index < -0.39 is 11.9 Å². The van der Waals surface area contributed by atoms with Crippen molar-refractivity contribution in [3.8, 4) is 0 Å². The number of esters is 1. The molecule has 0 saturated carbocycles. The summed E-state index contributed by atoms with van der Waals surface area (Å²) >= 11 is 0. The monoisotopic (exact) mass is 320 g/mol. The zero-order valence-corrected chi connectivity index (χ0v) is 14.3. The molecule has 6 nitrogen and oxygen atoms in total. The lowest BCUT2D eigenvalue weighted by atomic mass is 10.3. The quantitative estimate of drug-likeness (QED) is 0.553. The Hall–Kier alpha value is -1.66. The molecule has 2 N–H and O–H groups in total. The average Bonchev–Trinajstić information content (AvgIpc) is 2.46. The molecular formula is C16H32O6. The van der Waals surface area contributed by atoms with E-state index in [2.05, 4.69) is 31.1 Å². The maximum Gasteiger partial charge on any atom is 0.306 e. The molecule has 0 aromatic carbocycles. The Morgan fingerprint density at radius 2 is 1.36 bits per heavy atom. The zero-order chi connectivity index (χ0) is 18.6. The molecule has 0 rings (SSSR count). The molecule has 0 unspecified atom stereocenters. The number of carbonyl (C=O) groups is 2. The molecule has 0 aliphatic carbocycles. The van der Waals surface area contributed by atoms with Gasteiger partial charge in [0.2, 0.25) is 0 Å². The van der Waals surface area contributed by atoms with Crippen LogP contribution in [0.15, 0.2) is 26.3 Å². The van der Waals surface area contributed by atoms with E-state index in [-0.39, 0.29) is 26.1 Å². The van der Waals surface area contributed by atoms with E-state index in [1.54, 1.807) is 0 Å². The van der Waals surface area contributed by atoms with Crippen LogP contribution < -0.4 is 0 Å². The molecule has 0 amide bonds. The van der Waals surface area contributed by atoms with Gasteiger partial charge >= 0.3 is 11.9 Å². The summed E-state index contributed by atoms with van der Waals surface area (Å²) in [6, 6.07) is 0. The van der Waals surface area contributed by atoms with Crippen LogP contribution in [0.2, 0.25) is 0 Å². The smallest absolute Gasteiger partial charge is 0.306 e. The first kappa shape index (κ1) is 28.5. The minimum atomic E-state index is -1.04. The summed E-state index contributed by atoms with van der Waals surface area (Å²) in [4.78, 5) is 20.4. The number of ether oxygens (including phenoxy) is 2. The lowest BCUT2D eigenvalue weighted by Crippen LogP contribution is -2.10. The molecule has 6 heteroatoms. The second-order valence-electron chi connectivity index (χ2n) is 4.07. The molecule has 0 radical (unpaired) electrons. The van der Waals surface area contributed by atoms with E-state index in [1.807, 2.05) is 27.7 Å². The predicted octanol–water partition coefficient (Wildman–Crippen LogP) is 2.81. The molecule has 0 atom stereocenters. The van der Waals surface area contributed by atoms with Crippen LogP contribution in [0.25, 0.3) is 0 Å². The predicted molar refractivity (Wildman–Crippen MR) is 88.8 cm³/mol.